The van der Waals surface area contributed by atoms with Crippen molar-refractivity contribution >= 4 is 39.4 Å². The van der Waals surface area contributed by atoms with Gasteiger partial charge < -0.3 is 14.3 Å². The number of aromatic nitrogens is 2. The monoisotopic (exact) mass is 389 g/mol. The third-order valence-corrected chi connectivity index (χ3v) is 3.55. The summed E-state index contributed by atoms with van der Waals surface area (Å²) in [6.07, 6.45) is 4.41. The van der Waals surface area contributed by atoms with E-state index in [1.54, 1.807) is 48.7 Å². The van der Waals surface area contributed by atoms with Crippen molar-refractivity contribution in [3.8, 4) is 17.4 Å². The van der Waals surface area contributed by atoms with E-state index in [0.29, 0.717) is 33.4 Å². The Bertz CT molecular complexity index is 960. The molecule has 0 aliphatic carbocycles. The van der Waals surface area contributed by atoms with E-state index in [0.717, 1.165) is 0 Å². The Morgan fingerprint density at radius 1 is 1.08 bits per heavy atom. The number of ether oxygens (including phenoxy) is 2. The fourth-order valence-electron chi connectivity index (χ4n) is 2.01. The number of halogens is 2. The normalized spacial score (nSPS) is 11.7. The summed E-state index contributed by atoms with van der Waals surface area (Å²) in [4.78, 5) is 13.2. The van der Waals surface area contributed by atoms with Crippen LogP contribution in [0.4, 0.5) is 0 Å². The second kappa shape index (κ2) is 8.51. The molecule has 6 nitrogen and oxygen atoms in total. The fourth-order valence-corrected chi connectivity index (χ4v) is 2.30. The molecule has 0 saturated heterocycles. The number of hydrogen-bond donors (Lipinski definition) is 0. The molecule has 0 fully saturated rings. The zero-order valence-corrected chi connectivity index (χ0v) is 15.1. The van der Waals surface area contributed by atoms with E-state index in [9.17, 15) is 0 Å². The first-order valence-corrected chi connectivity index (χ1v) is 8.20. The van der Waals surface area contributed by atoms with Crippen LogP contribution in [0.15, 0.2) is 66.2 Å². The van der Waals surface area contributed by atoms with Crippen molar-refractivity contribution in [2.45, 2.75) is 0 Å². The van der Waals surface area contributed by atoms with Crippen molar-refractivity contribution in [3.05, 3.63) is 66.0 Å². The molecule has 2 aromatic carbocycles. The Hall–Kier alpha value is -2.83. The van der Waals surface area contributed by atoms with E-state index in [-0.39, 0.29) is 5.17 Å². The molecular weight excluding hydrogens is 377 g/mol. The van der Waals surface area contributed by atoms with Gasteiger partial charge in [-0.1, -0.05) is 28.4 Å². The lowest BCUT2D eigenvalue weighted by Gasteiger charge is -2.06. The zero-order valence-electron chi connectivity index (χ0n) is 13.6. The minimum absolute atomic E-state index is 0.170. The zero-order chi connectivity index (χ0) is 18.4. The molecule has 132 valence electrons. The summed E-state index contributed by atoms with van der Waals surface area (Å²) in [5.41, 5.74) is 1.41. The van der Waals surface area contributed by atoms with Gasteiger partial charge in [-0.2, -0.15) is 0 Å². The molecule has 0 spiro atoms. The first-order valence-electron chi connectivity index (χ1n) is 7.44. The van der Waals surface area contributed by atoms with Crippen LogP contribution in [0.2, 0.25) is 5.02 Å². The van der Waals surface area contributed by atoms with Gasteiger partial charge in [-0.3, -0.25) is 0 Å². The standard InChI is InChI=1S/C18H13Cl2N3O3/c1-24-23-17(20)8-9-25-13-3-5-14(6-4-13)26-18-11-21-16-10-12(19)2-7-15(16)22-18/h2-11H,1H3/b9-8?,23-17-. The van der Waals surface area contributed by atoms with Crippen molar-refractivity contribution in [2.75, 3.05) is 7.11 Å². The van der Waals surface area contributed by atoms with Crippen LogP contribution in [-0.4, -0.2) is 22.2 Å². The van der Waals surface area contributed by atoms with Crippen molar-refractivity contribution in [1.29, 1.82) is 0 Å². The average Bonchev–Trinajstić information content (AvgIpc) is 2.63. The van der Waals surface area contributed by atoms with Crippen LogP contribution in [-0.2, 0) is 4.84 Å². The topological polar surface area (TPSA) is 65.8 Å². The molecule has 0 unspecified atom stereocenters. The van der Waals surface area contributed by atoms with Crippen molar-refractivity contribution in [1.82, 2.24) is 9.97 Å². The van der Waals surface area contributed by atoms with Crippen LogP contribution in [0, 0.1) is 0 Å². The Morgan fingerprint density at radius 2 is 1.85 bits per heavy atom. The highest BCUT2D eigenvalue weighted by Gasteiger charge is 2.03. The largest absolute Gasteiger partial charge is 0.465 e. The van der Waals surface area contributed by atoms with Crippen LogP contribution in [0.5, 0.6) is 17.4 Å². The lowest BCUT2D eigenvalue weighted by Crippen LogP contribution is -1.91. The van der Waals surface area contributed by atoms with E-state index in [4.69, 9.17) is 32.7 Å². The highest BCUT2D eigenvalue weighted by atomic mass is 35.5. The second-order valence-electron chi connectivity index (χ2n) is 4.93. The van der Waals surface area contributed by atoms with E-state index in [1.165, 1.54) is 19.4 Å². The molecule has 0 bridgehead atoms. The van der Waals surface area contributed by atoms with E-state index < -0.39 is 0 Å². The van der Waals surface area contributed by atoms with E-state index >= 15 is 0 Å². The Morgan fingerprint density at radius 3 is 2.62 bits per heavy atom. The summed E-state index contributed by atoms with van der Waals surface area (Å²) in [5, 5.41) is 4.30. The second-order valence-corrected chi connectivity index (χ2v) is 5.76. The highest BCUT2D eigenvalue weighted by molar-refractivity contribution is 6.68. The maximum absolute atomic E-state index is 5.94. The lowest BCUT2D eigenvalue weighted by molar-refractivity contribution is 0.215. The third-order valence-electron chi connectivity index (χ3n) is 3.12. The summed E-state index contributed by atoms with van der Waals surface area (Å²) in [6, 6.07) is 12.3. The smallest absolute Gasteiger partial charge is 0.238 e. The molecule has 0 amide bonds. The molecular formula is C18H13Cl2N3O3. The van der Waals surface area contributed by atoms with Crippen LogP contribution >= 0.6 is 23.2 Å². The van der Waals surface area contributed by atoms with Crippen LogP contribution in [0.3, 0.4) is 0 Å². The molecule has 0 N–H and O–H groups in total. The summed E-state index contributed by atoms with van der Waals surface area (Å²) >= 11 is 11.7. The molecule has 8 heteroatoms. The van der Waals surface area contributed by atoms with Crippen molar-refractivity contribution in [3.63, 3.8) is 0 Å². The predicted octanol–water partition coefficient (Wildman–Crippen LogP) is 5.17. The number of hydrogen-bond acceptors (Lipinski definition) is 6. The van der Waals surface area contributed by atoms with Crippen molar-refractivity contribution < 1.29 is 14.3 Å². The van der Waals surface area contributed by atoms with Gasteiger partial charge in [0.1, 0.15) is 18.6 Å². The third kappa shape index (κ3) is 4.84. The minimum atomic E-state index is 0.170. The molecule has 0 atom stereocenters. The van der Waals surface area contributed by atoms with Gasteiger partial charge in [-0.15, -0.1) is 0 Å². The SMILES string of the molecule is CO/N=C(\Cl)C=COc1ccc(Oc2cnc3cc(Cl)ccc3n2)cc1. The maximum atomic E-state index is 5.94. The average molecular weight is 390 g/mol. The van der Waals surface area contributed by atoms with Gasteiger partial charge in [0.2, 0.25) is 5.88 Å². The first-order chi connectivity index (χ1) is 12.6. The number of oxime groups is 1. The molecule has 0 saturated carbocycles. The number of nitrogens with zero attached hydrogens (tertiary/aromatic N) is 3. The molecule has 3 aromatic rings. The number of benzene rings is 2. The van der Waals surface area contributed by atoms with Gasteiger partial charge >= 0.3 is 0 Å². The summed E-state index contributed by atoms with van der Waals surface area (Å²) < 4.78 is 11.1. The highest BCUT2D eigenvalue weighted by Crippen LogP contribution is 2.24. The van der Waals surface area contributed by atoms with Gasteiger partial charge in [0.05, 0.1) is 23.5 Å². The lowest BCUT2D eigenvalue weighted by atomic mass is 10.3. The predicted molar refractivity (Wildman–Crippen MR) is 101 cm³/mol. The molecule has 0 radical (unpaired) electrons. The molecule has 1 aromatic heterocycles. The molecule has 3 rings (SSSR count). The fraction of sp³-hybridized carbons (Fsp3) is 0.0556. The van der Waals surface area contributed by atoms with Gasteiger partial charge in [-0.05, 0) is 42.5 Å². The number of fused-ring (bicyclic) bond motifs is 1. The Kier molecular flexibility index (Phi) is 5.88. The molecule has 0 aliphatic rings. The maximum Gasteiger partial charge on any atom is 0.238 e. The van der Waals surface area contributed by atoms with E-state index in [2.05, 4.69) is 20.0 Å². The Labute approximate surface area is 159 Å². The molecule has 1 heterocycles. The summed E-state index contributed by atoms with van der Waals surface area (Å²) in [5.74, 6) is 1.59. The summed E-state index contributed by atoms with van der Waals surface area (Å²) in [7, 11) is 1.41. The van der Waals surface area contributed by atoms with E-state index in [1.807, 2.05) is 0 Å². The van der Waals surface area contributed by atoms with Crippen molar-refractivity contribution in [2.24, 2.45) is 5.16 Å². The van der Waals surface area contributed by atoms with Gasteiger partial charge in [0.25, 0.3) is 0 Å². The minimum Gasteiger partial charge on any atom is -0.465 e. The Balaban J connectivity index is 1.65. The first kappa shape index (κ1) is 18.0. The van der Waals surface area contributed by atoms with Crippen LogP contribution in [0.25, 0.3) is 11.0 Å². The molecule has 0 aliphatic heterocycles. The van der Waals surface area contributed by atoms with Crippen LogP contribution < -0.4 is 9.47 Å². The quantitative estimate of drug-likeness (QED) is 0.330. The molecule has 26 heavy (non-hydrogen) atoms. The number of allylic oxidation sites excluding steroid dienone is 1. The van der Waals surface area contributed by atoms with Crippen LogP contribution in [0.1, 0.15) is 0 Å². The summed E-state index contributed by atoms with van der Waals surface area (Å²) in [6.45, 7) is 0. The van der Waals surface area contributed by atoms with Gasteiger partial charge in [-0.25, -0.2) is 9.97 Å². The number of rotatable bonds is 6. The van der Waals surface area contributed by atoms with Gasteiger partial charge in [0, 0.05) is 11.1 Å². The van der Waals surface area contributed by atoms with Gasteiger partial charge in [0.15, 0.2) is 5.17 Å².